The zero-order valence-electron chi connectivity index (χ0n) is 13.9. The van der Waals surface area contributed by atoms with E-state index in [0.29, 0.717) is 22.6 Å². The minimum atomic E-state index is -1.00. The predicted octanol–water partition coefficient (Wildman–Crippen LogP) is 4.45. The van der Waals surface area contributed by atoms with Gasteiger partial charge in [0.2, 0.25) is 0 Å². The van der Waals surface area contributed by atoms with E-state index in [1.807, 2.05) is 0 Å². The van der Waals surface area contributed by atoms with E-state index in [2.05, 4.69) is 0 Å². The lowest BCUT2D eigenvalue weighted by atomic mass is 10.1. The van der Waals surface area contributed by atoms with E-state index < -0.39 is 11.9 Å². The molecule has 0 saturated carbocycles. The molecule has 0 heterocycles. The Bertz CT molecular complexity index is 790. The molecule has 0 bridgehead atoms. The SMILES string of the molecule is C/C(=C\c1ccccc1Oc1ccccc1/C=C(\C)C(=O)O)C(=O)O. The van der Waals surface area contributed by atoms with Crippen molar-refractivity contribution in [3.8, 4) is 11.5 Å². The Morgan fingerprint density at radius 3 is 1.48 bits per heavy atom. The maximum Gasteiger partial charge on any atom is 0.331 e. The molecule has 0 unspecified atom stereocenters. The molecular formula is C20H18O5. The van der Waals surface area contributed by atoms with Crippen molar-refractivity contribution < 1.29 is 24.5 Å². The molecule has 0 radical (unpaired) electrons. The standard InChI is InChI=1S/C20H18O5/c1-13(19(21)22)11-15-7-3-5-9-17(15)25-18-10-6-4-8-16(18)12-14(2)20(23)24/h3-12H,1-2H3,(H,21,22)(H,23,24)/b13-11+,14-12+. The molecule has 128 valence electrons. The molecule has 0 aliphatic heterocycles. The average molecular weight is 338 g/mol. The fourth-order valence-corrected chi connectivity index (χ4v) is 2.09. The van der Waals surface area contributed by atoms with Crippen molar-refractivity contribution in [1.29, 1.82) is 0 Å². The van der Waals surface area contributed by atoms with Gasteiger partial charge in [-0.1, -0.05) is 36.4 Å². The molecule has 0 aliphatic rings. The summed E-state index contributed by atoms with van der Waals surface area (Å²) in [4.78, 5) is 22.1. The summed E-state index contributed by atoms with van der Waals surface area (Å²) in [6, 6.07) is 14.1. The molecule has 5 heteroatoms. The van der Waals surface area contributed by atoms with Crippen LogP contribution in [0.4, 0.5) is 0 Å². The van der Waals surface area contributed by atoms with Crippen molar-refractivity contribution in [3.05, 3.63) is 70.8 Å². The van der Waals surface area contributed by atoms with Crippen molar-refractivity contribution in [1.82, 2.24) is 0 Å². The summed E-state index contributed by atoms with van der Waals surface area (Å²) in [6.07, 6.45) is 3.05. The highest BCUT2D eigenvalue weighted by atomic mass is 16.5. The minimum absolute atomic E-state index is 0.186. The summed E-state index contributed by atoms with van der Waals surface area (Å²) < 4.78 is 5.93. The Labute approximate surface area is 145 Å². The van der Waals surface area contributed by atoms with Gasteiger partial charge in [-0.25, -0.2) is 9.59 Å². The molecule has 0 aliphatic carbocycles. The molecule has 0 saturated heterocycles. The zero-order chi connectivity index (χ0) is 18.4. The van der Waals surface area contributed by atoms with Gasteiger partial charge in [0.25, 0.3) is 0 Å². The van der Waals surface area contributed by atoms with E-state index in [9.17, 15) is 9.59 Å². The van der Waals surface area contributed by atoms with Gasteiger partial charge in [0.1, 0.15) is 11.5 Å². The van der Waals surface area contributed by atoms with E-state index >= 15 is 0 Å². The minimum Gasteiger partial charge on any atom is -0.478 e. The maximum atomic E-state index is 11.0. The van der Waals surface area contributed by atoms with Gasteiger partial charge < -0.3 is 14.9 Å². The Hall–Kier alpha value is -3.34. The number of hydrogen-bond acceptors (Lipinski definition) is 3. The second-order valence-corrected chi connectivity index (χ2v) is 5.44. The van der Waals surface area contributed by atoms with Crippen LogP contribution in [-0.2, 0) is 9.59 Å². The van der Waals surface area contributed by atoms with E-state index in [1.54, 1.807) is 48.5 Å². The van der Waals surface area contributed by atoms with Crippen LogP contribution in [0.25, 0.3) is 12.2 Å². The van der Waals surface area contributed by atoms with Crippen molar-refractivity contribution >= 4 is 24.1 Å². The van der Waals surface area contributed by atoms with Crippen LogP contribution in [0.5, 0.6) is 11.5 Å². The van der Waals surface area contributed by atoms with Crippen LogP contribution in [-0.4, -0.2) is 22.2 Å². The highest BCUT2D eigenvalue weighted by Gasteiger charge is 2.09. The second-order valence-electron chi connectivity index (χ2n) is 5.44. The number of ether oxygens (including phenoxy) is 1. The zero-order valence-corrected chi connectivity index (χ0v) is 13.9. The summed E-state index contributed by atoms with van der Waals surface area (Å²) >= 11 is 0. The summed E-state index contributed by atoms with van der Waals surface area (Å²) in [5.41, 5.74) is 1.61. The summed E-state index contributed by atoms with van der Waals surface area (Å²) in [7, 11) is 0. The van der Waals surface area contributed by atoms with Crippen LogP contribution in [0, 0.1) is 0 Å². The fourth-order valence-electron chi connectivity index (χ4n) is 2.09. The molecule has 25 heavy (non-hydrogen) atoms. The van der Waals surface area contributed by atoms with E-state index in [1.165, 1.54) is 26.0 Å². The highest BCUT2D eigenvalue weighted by molar-refractivity contribution is 5.92. The molecular weight excluding hydrogens is 320 g/mol. The molecule has 2 aromatic carbocycles. The first-order chi connectivity index (χ1) is 11.9. The highest BCUT2D eigenvalue weighted by Crippen LogP contribution is 2.30. The van der Waals surface area contributed by atoms with Crippen LogP contribution < -0.4 is 4.74 Å². The first kappa shape index (κ1) is 18.0. The predicted molar refractivity (Wildman–Crippen MR) is 95.5 cm³/mol. The van der Waals surface area contributed by atoms with Gasteiger partial charge in [0.15, 0.2) is 0 Å². The number of aliphatic carboxylic acids is 2. The second kappa shape index (κ2) is 7.97. The summed E-state index contributed by atoms with van der Waals surface area (Å²) in [5.74, 6) is -1.04. The number of carboxylic acids is 2. The number of carboxylic acid groups (broad SMARTS) is 2. The Morgan fingerprint density at radius 1 is 0.760 bits per heavy atom. The number of hydrogen-bond donors (Lipinski definition) is 2. The van der Waals surface area contributed by atoms with Crippen LogP contribution in [0.1, 0.15) is 25.0 Å². The Kier molecular flexibility index (Phi) is 5.74. The lowest BCUT2D eigenvalue weighted by Crippen LogP contribution is -1.97. The maximum absolute atomic E-state index is 11.0. The normalized spacial score (nSPS) is 11.9. The topological polar surface area (TPSA) is 83.8 Å². The van der Waals surface area contributed by atoms with E-state index in [-0.39, 0.29) is 11.1 Å². The van der Waals surface area contributed by atoms with Crippen LogP contribution in [0.3, 0.4) is 0 Å². The number of para-hydroxylation sites is 2. The monoisotopic (exact) mass is 338 g/mol. The van der Waals surface area contributed by atoms with Gasteiger partial charge in [0, 0.05) is 22.3 Å². The molecule has 0 amide bonds. The summed E-state index contributed by atoms with van der Waals surface area (Å²) in [6.45, 7) is 3.01. The third kappa shape index (κ3) is 4.81. The fraction of sp³-hybridized carbons (Fsp3) is 0.100. The number of carbonyl (C=O) groups is 2. The van der Waals surface area contributed by atoms with Gasteiger partial charge in [-0.3, -0.25) is 0 Å². The van der Waals surface area contributed by atoms with Crippen molar-refractivity contribution in [2.75, 3.05) is 0 Å². The molecule has 2 rings (SSSR count). The molecule has 2 N–H and O–H groups in total. The Balaban J connectivity index is 2.42. The quantitative estimate of drug-likeness (QED) is 0.760. The number of benzene rings is 2. The molecule has 0 spiro atoms. The first-order valence-electron chi connectivity index (χ1n) is 7.57. The van der Waals surface area contributed by atoms with Gasteiger partial charge >= 0.3 is 11.9 Å². The van der Waals surface area contributed by atoms with Crippen molar-refractivity contribution in [3.63, 3.8) is 0 Å². The van der Waals surface area contributed by atoms with Gasteiger partial charge in [-0.2, -0.15) is 0 Å². The van der Waals surface area contributed by atoms with Gasteiger partial charge in [-0.05, 0) is 38.1 Å². The van der Waals surface area contributed by atoms with Gasteiger partial charge in [0.05, 0.1) is 0 Å². The summed E-state index contributed by atoms with van der Waals surface area (Å²) in [5, 5.41) is 18.1. The van der Waals surface area contributed by atoms with Crippen molar-refractivity contribution in [2.45, 2.75) is 13.8 Å². The van der Waals surface area contributed by atoms with Crippen LogP contribution in [0.2, 0.25) is 0 Å². The third-order valence-electron chi connectivity index (χ3n) is 3.48. The average Bonchev–Trinajstić information content (AvgIpc) is 2.58. The van der Waals surface area contributed by atoms with Crippen molar-refractivity contribution in [2.24, 2.45) is 0 Å². The largest absolute Gasteiger partial charge is 0.478 e. The van der Waals surface area contributed by atoms with Crippen LogP contribution in [0.15, 0.2) is 59.7 Å². The van der Waals surface area contributed by atoms with Gasteiger partial charge in [-0.15, -0.1) is 0 Å². The smallest absolute Gasteiger partial charge is 0.331 e. The Morgan fingerprint density at radius 2 is 1.12 bits per heavy atom. The molecule has 0 aromatic heterocycles. The molecule has 5 nitrogen and oxygen atoms in total. The third-order valence-corrected chi connectivity index (χ3v) is 3.48. The lowest BCUT2D eigenvalue weighted by Gasteiger charge is -2.12. The van der Waals surface area contributed by atoms with E-state index in [4.69, 9.17) is 14.9 Å². The lowest BCUT2D eigenvalue weighted by molar-refractivity contribution is -0.133. The molecule has 2 aromatic rings. The first-order valence-corrected chi connectivity index (χ1v) is 7.57. The number of rotatable bonds is 6. The van der Waals surface area contributed by atoms with Crippen LogP contribution >= 0.6 is 0 Å². The molecule has 0 fully saturated rings. The molecule has 0 atom stereocenters. The van der Waals surface area contributed by atoms with E-state index in [0.717, 1.165) is 0 Å².